The number of anilines is 2. The minimum atomic E-state index is -0.478. The molecule has 2 unspecified atom stereocenters. The third kappa shape index (κ3) is 2.93. The maximum absolute atomic E-state index is 13.1. The van der Waals surface area contributed by atoms with Crippen LogP contribution in [0.2, 0.25) is 0 Å². The van der Waals surface area contributed by atoms with E-state index in [4.69, 9.17) is 0 Å². The molecule has 5 aliphatic rings. The van der Waals surface area contributed by atoms with Gasteiger partial charge in [0.05, 0.1) is 5.60 Å². The van der Waals surface area contributed by atoms with Crippen molar-refractivity contribution in [2.75, 3.05) is 11.4 Å². The first kappa shape index (κ1) is 18.9. The lowest BCUT2D eigenvalue weighted by atomic mass is 9.52. The van der Waals surface area contributed by atoms with Gasteiger partial charge in [0.1, 0.15) is 5.82 Å². The van der Waals surface area contributed by atoms with Crippen LogP contribution in [-0.4, -0.2) is 39.0 Å². The fourth-order valence-electron chi connectivity index (χ4n) is 6.87. The smallest absolute Gasteiger partial charge is 0.272 e. The molecule has 6 nitrogen and oxygen atoms in total. The Hall–Kier alpha value is -1.86. The molecule has 30 heavy (non-hydrogen) atoms. The van der Waals surface area contributed by atoms with E-state index >= 15 is 0 Å². The third-order valence-electron chi connectivity index (χ3n) is 7.84. The minimum absolute atomic E-state index is 0.0865. The number of hydrogen-bond acceptors (Lipinski definition) is 4. The number of halogens is 1. The lowest BCUT2D eigenvalue weighted by Crippen LogP contribution is -2.61. The van der Waals surface area contributed by atoms with Crippen molar-refractivity contribution < 1.29 is 9.90 Å². The molecule has 4 saturated carbocycles. The van der Waals surface area contributed by atoms with E-state index in [0.717, 1.165) is 55.4 Å². The molecule has 0 saturated heterocycles. The van der Waals surface area contributed by atoms with Crippen LogP contribution in [0.1, 0.15) is 48.2 Å². The summed E-state index contributed by atoms with van der Waals surface area (Å²) in [6.07, 6.45) is 5.88. The summed E-state index contributed by atoms with van der Waals surface area (Å²) in [7, 11) is 1.90. The first-order chi connectivity index (χ1) is 14.4. The molecule has 4 aliphatic carbocycles. The van der Waals surface area contributed by atoms with Crippen molar-refractivity contribution in [2.24, 2.45) is 24.8 Å². The van der Waals surface area contributed by atoms with E-state index in [-0.39, 0.29) is 11.9 Å². The number of aliphatic hydroxyl groups is 1. The number of carbonyl (C=O) groups is 1. The zero-order valence-electron chi connectivity index (χ0n) is 17.1. The fourth-order valence-corrected chi connectivity index (χ4v) is 7.28. The predicted molar refractivity (Wildman–Crippen MR) is 118 cm³/mol. The van der Waals surface area contributed by atoms with Crippen molar-refractivity contribution in [3.05, 3.63) is 40.0 Å². The highest BCUT2D eigenvalue weighted by molar-refractivity contribution is 9.10. The van der Waals surface area contributed by atoms with E-state index in [1.54, 1.807) is 0 Å². The fraction of sp³-hybridized carbons (Fsp3) is 0.565. The van der Waals surface area contributed by atoms with Gasteiger partial charge in [0, 0.05) is 35.9 Å². The summed E-state index contributed by atoms with van der Waals surface area (Å²) in [6.45, 7) is 0.888. The van der Waals surface area contributed by atoms with Gasteiger partial charge in [-0.1, -0.05) is 15.9 Å². The molecular weight excluding hydrogens is 444 g/mol. The number of aryl methyl sites for hydroxylation is 1. The molecule has 4 bridgehead atoms. The molecule has 1 amide bonds. The number of fused-ring (bicyclic) bond motifs is 1. The van der Waals surface area contributed by atoms with Gasteiger partial charge in [-0.3, -0.25) is 9.48 Å². The van der Waals surface area contributed by atoms with Crippen LogP contribution in [0.25, 0.3) is 0 Å². The topological polar surface area (TPSA) is 70.4 Å². The highest BCUT2D eigenvalue weighted by atomic mass is 79.9. The van der Waals surface area contributed by atoms with Crippen LogP contribution in [0, 0.1) is 17.8 Å². The lowest BCUT2D eigenvalue weighted by molar-refractivity contribution is -0.136. The Bertz CT molecular complexity index is 1020. The van der Waals surface area contributed by atoms with Gasteiger partial charge in [-0.2, -0.15) is 5.10 Å². The quantitative estimate of drug-likeness (QED) is 0.719. The molecular formula is C23H27BrN4O2. The third-order valence-corrected chi connectivity index (χ3v) is 8.33. The first-order valence-corrected chi connectivity index (χ1v) is 11.8. The minimum Gasteiger partial charge on any atom is -0.390 e. The van der Waals surface area contributed by atoms with Gasteiger partial charge in [0.25, 0.3) is 5.91 Å². The van der Waals surface area contributed by atoms with Crippen molar-refractivity contribution in [3.8, 4) is 0 Å². The molecule has 7 rings (SSSR count). The average Bonchev–Trinajstić information content (AvgIpc) is 3.26. The average molecular weight is 471 g/mol. The van der Waals surface area contributed by atoms with E-state index in [1.165, 1.54) is 11.3 Å². The molecule has 4 fully saturated rings. The SMILES string of the molecule is Cn1nc(C(=O)NC2C3CC4CC2CC(O)(C4)C3)cc1N1CCc2cc(Br)ccc21. The molecule has 0 spiro atoms. The Labute approximate surface area is 184 Å². The lowest BCUT2D eigenvalue weighted by Gasteiger charge is -2.58. The van der Waals surface area contributed by atoms with Crippen LogP contribution in [0.4, 0.5) is 11.5 Å². The largest absolute Gasteiger partial charge is 0.390 e. The summed E-state index contributed by atoms with van der Waals surface area (Å²) >= 11 is 3.55. The first-order valence-electron chi connectivity index (χ1n) is 11.0. The van der Waals surface area contributed by atoms with Gasteiger partial charge in [0.2, 0.25) is 0 Å². The van der Waals surface area contributed by atoms with Gasteiger partial charge in [0.15, 0.2) is 5.69 Å². The zero-order chi connectivity index (χ0) is 20.6. The van der Waals surface area contributed by atoms with Gasteiger partial charge >= 0.3 is 0 Å². The Morgan fingerprint density at radius 1 is 1.23 bits per heavy atom. The Morgan fingerprint density at radius 2 is 2.00 bits per heavy atom. The van der Waals surface area contributed by atoms with Crippen molar-refractivity contribution in [1.29, 1.82) is 0 Å². The number of nitrogens with zero attached hydrogens (tertiary/aromatic N) is 3. The van der Waals surface area contributed by atoms with Crippen LogP contribution in [0.3, 0.4) is 0 Å². The van der Waals surface area contributed by atoms with Crippen molar-refractivity contribution >= 4 is 33.3 Å². The molecule has 2 heterocycles. The van der Waals surface area contributed by atoms with Crippen LogP contribution in [0.15, 0.2) is 28.7 Å². The number of carbonyl (C=O) groups excluding carboxylic acids is 1. The summed E-state index contributed by atoms with van der Waals surface area (Å²) < 4.78 is 2.90. The zero-order valence-corrected chi connectivity index (χ0v) is 18.7. The molecule has 158 valence electrons. The van der Waals surface area contributed by atoms with E-state index in [2.05, 4.69) is 49.4 Å². The number of nitrogens with one attached hydrogen (secondary N) is 1. The number of aromatic nitrogens is 2. The molecule has 2 N–H and O–H groups in total. The van der Waals surface area contributed by atoms with Crippen molar-refractivity contribution in [2.45, 2.75) is 50.2 Å². The summed E-state index contributed by atoms with van der Waals surface area (Å²) in [6, 6.07) is 8.43. The molecule has 1 aromatic carbocycles. The van der Waals surface area contributed by atoms with Crippen molar-refractivity contribution in [1.82, 2.24) is 15.1 Å². The Morgan fingerprint density at radius 3 is 2.73 bits per heavy atom. The normalized spacial score (nSPS) is 33.8. The second-order valence-corrected chi connectivity index (χ2v) is 10.8. The second kappa shape index (κ2) is 6.57. The highest BCUT2D eigenvalue weighted by Crippen LogP contribution is 2.55. The van der Waals surface area contributed by atoms with E-state index < -0.39 is 5.60 Å². The molecule has 2 aromatic rings. The molecule has 0 radical (unpaired) electrons. The van der Waals surface area contributed by atoms with Crippen LogP contribution < -0.4 is 10.2 Å². The molecule has 1 aromatic heterocycles. The van der Waals surface area contributed by atoms with Crippen LogP contribution in [0.5, 0.6) is 0 Å². The van der Waals surface area contributed by atoms with Crippen LogP contribution >= 0.6 is 15.9 Å². The van der Waals surface area contributed by atoms with Crippen molar-refractivity contribution in [3.63, 3.8) is 0 Å². The van der Waals surface area contributed by atoms with E-state index in [0.29, 0.717) is 23.4 Å². The number of rotatable bonds is 3. The standard InChI is InChI=1S/C23H27BrN4O2/c1-27-20(28-5-4-14-8-17(24)2-3-19(14)28)9-18(26-27)22(29)25-21-15-6-13-7-16(21)12-23(30,10-13)11-15/h2-3,8-9,13,15-16,21,30H,4-7,10-12H2,1H3,(H,25,29). The maximum Gasteiger partial charge on any atom is 0.272 e. The molecule has 1 aliphatic heterocycles. The summed E-state index contributed by atoms with van der Waals surface area (Å²) in [5.74, 6) is 2.30. The predicted octanol–water partition coefficient (Wildman–Crippen LogP) is 3.55. The maximum atomic E-state index is 13.1. The van der Waals surface area contributed by atoms with Gasteiger partial charge in [-0.15, -0.1) is 0 Å². The Kier molecular flexibility index (Phi) is 4.13. The number of benzene rings is 1. The Balaban J connectivity index is 1.22. The highest BCUT2D eigenvalue weighted by Gasteiger charge is 2.55. The monoisotopic (exact) mass is 470 g/mol. The number of amides is 1. The summed E-state index contributed by atoms with van der Waals surface area (Å²) in [5, 5.41) is 18.6. The number of hydrogen-bond donors (Lipinski definition) is 2. The van der Waals surface area contributed by atoms with Crippen LogP contribution in [-0.2, 0) is 13.5 Å². The van der Waals surface area contributed by atoms with E-state index in [9.17, 15) is 9.90 Å². The molecule has 7 heteroatoms. The van der Waals surface area contributed by atoms with E-state index in [1.807, 2.05) is 17.8 Å². The van der Waals surface area contributed by atoms with Gasteiger partial charge in [-0.25, -0.2) is 0 Å². The summed E-state index contributed by atoms with van der Waals surface area (Å²) in [4.78, 5) is 15.4. The van der Waals surface area contributed by atoms with Gasteiger partial charge in [-0.05, 0) is 80.0 Å². The van der Waals surface area contributed by atoms with Gasteiger partial charge < -0.3 is 15.3 Å². The second-order valence-electron chi connectivity index (χ2n) is 9.88. The summed E-state index contributed by atoms with van der Waals surface area (Å²) in [5.41, 5.74) is 2.49. The molecule has 2 atom stereocenters.